The Bertz CT molecular complexity index is 298. The number of nitrogens with one attached hydrogen (secondary N) is 1. The van der Waals surface area contributed by atoms with Crippen LogP contribution >= 0.6 is 0 Å². The van der Waals surface area contributed by atoms with E-state index in [0.717, 1.165) is 37.8 Å². The van der Waals surface area contributed by atoms with Crippen LogP contribution in [0.1, 0.15) is 31.5 Å². The Balaban J connectivity index is 2.43. The summed E-state index contributed by atoms with van der Waals surface area (Å²) in [6.45, 7) is 6.97. The van der Waals surface area contributed by atoms with Crippen LogP contribution in [-0.2, 0) is 6.42 Å². The van der Waals surface area contributed by atoms with Crippen molar-refractivity contribution >= 4 is 0 Å². The first-order chi connectivity index (χ1) is 7.63. The Kier molecular flexibility index (Phi) is 5.42. The van der Waals surface area contributed by atoms with Gasteiger partial charge in [-0.25, -0.2) is 0 Å². The van der Waals surface area contributed by atoms with Crippen molar-refractivity contribution in [3.63, 3.8) is 0 Å². The number of rotatable bonds is 7. The van der Waals surface area contributed by atoms with Crippen LogP contribution in [-0.4, -0.2) is 48.8 Å². The van der Waals surface area contributed by atoms with Crippen molar-refractivity contribution in [3.8, 4) is 0 Å². The van der Waals surface area contributed by atoms with Crippen LogP contribution in [0.15, 0.2) is 4.52 Å². The average Bonchev–Trinajstić information content (AvgIpc) is 2.71. The van der Waals surface area contributed by atoms with Gasteiger partial charge in [-0.3, -0.25) is 0 Å². The van der Waals surface area contributed by atoms with E-state index >= 15 is 0 Å². The van der Waals surface area contributed by atoms with Gasteiger partial charge in [-0.05, 0) is 20.6 Å². The molecule has 92 valence electrons. The van der Waals surface area contributed by atoms with Crippen molar-refractivity contribution in [2.75, 3.05) is 33.7 Å². The van der Waals surface area contributed by atoms with Crippen molar-refractivity contribution in [1.29, 1.82) is 0 Å². The van der Waals surface area contributed by atoms with Crippen LogP contribution in [0.5, 0.6) is 0 Å². The molecule has 1 heterocycles. The molecular weight excluding hydrogens is 204 g/mol. The molecule has 1 atom stereocenters. The second kappa shape index (κ2) is 6.60. The highest BCUT2D eigenvalue weighted by Gasteiger charge is 2.13. The molecule has 5 nitrogen and oxygen atoms in total. The molecule has 0 aliphatic carbocycles. The Morgan fingerprint density at radius 3 is 2.81 bits per heavy atom. The van der Waals surface area contributed by atoms with Crippen LogP contribution < -0.4 is 5.32 Å². The van der Waals surface area contributed by atoms with E-state index < -0.39 is 0 Å². The van der Waals surface area contributed by atoms with E-state index in [2.05, 4.69) is 34.2 Å². The molecule has 0 bridgehead atoms. The fraction of sp³-hybridized carbons (Fsp3) is 0.818. The van der Waals surface area contributed by atoms with Crippen molar-refractivity contribution in [3.05, 3.63) is 11.7 Å². The van der Waals surface area contributed by atoms with Gasteiger partial charge >= 0.3 is 0 Å². The lowest BCUT2D eigenvalue weighted by Gasteiger charge is -2.06. The third-order valence-corrected chi connectivity index (χ3v) is 2.39. The summed E-state index contributed by atoms with van der Waals surface area (Å²) in [6.07, 6.45) is 0.838. The van der Waals surface area contributed by atoms with Crippen molar-refractivity contribution in [1.82, 2.24) is 20.4 Å². The van der Waals surface area contributed by atoms with Gasteiger partial charge in [-0.2, -0.15) is 4.98 Å². The molecular formula is C11H22N4O. The summed E-state index contributed by atoms with van der Waals surface area (Å²) >= 11 is 0. The van der Waals surface area contributed by atoms with E-state index in [0.29, 0.717) is 0 Å². The van der Waals surface area contributed by atoms with Crippen molar-refractivity contribution in [2.45, 2.75) is 26.2 Å². The van der Waals surface area contributed by atoms with E-state index in [1.165, 1.54) is 0 Å². The van der Waals surface area contributed by atoms with Crippen LogP contribution in [0.25, 0.3) is 0 Å². The summed E-state index contributed by atoms with van der Waals surface area (Å²) in [6, 6.07) is 0. The lowest BCUT2D eigenvalue weighted by Crippen LogP contribution is -2.19. The fourth-order valence-electron chi connectivity index (χ4n) is 1.34. The summed E-state index contributed by atoms with van der Waals surface area (Å²) in [7, 11) is 4.07. The van der Waals surface area contributed by atoms with E-state index in [1.54, 1.807) is 0 Å². The minimum atomic E-state index is 0.278. The molecule has 16 heavy (non-hydrogen) atoms. The number of hydrogen-bond donors (Lipinski definition) is 1. The molecule has 0 spiro atoms. The van der Waals surface area contributed by atoms with Gasteiger partial charge in [-0.1, -0.05) is 19.0 Å². The summed E-state index contributed by atoms with van der Waals surface area (Å²) in [5.41, 5.74) is 0. The van der Waals surface area contributed by atoms with E-state index in [9.17, 15) is 0 Å². The van der Waals surface area contributed by atoms with Gasteiger partial charge in [0.15, 0.2) is 5.82 Å². The number of hydrogen-bond acceptors (Lipinski definition) is 5. The highest BCUT2D eigenvalue weighted by Crippen LogP contribution is 2.11. The number of likely N-dealkylation sites (N-methyl/N-ethyl adjacent to an activating group) is 2. The van der Waals surface area contributed by atoms with Gasteiger partial charge in [0.2, 0.25) is 5.89 Å². The molecule has 0 saturated carbocycles. The van der Waals surface area contributed by atoms with Gasteiger partial charge in [0.1, 0.15) is 0 Å². The number of aromatic nitrogens is 2. The average molecular weight is 226 g/mol. The predicted molar refractivity (Wildman–Crippen MR) is 63.5 cm³/mol. The fourth-order valence-corrected chi connectivity index (χ4v) is 1.34. The van der Waals surface area contributed by atoms with Gasteiger partial charge in [0.25, 0.3) is 0 Å². The molecule has 0 aliphatic heterocycles. The summed E-state index contributed by atoms with van der Waals surface area (Å²) in [5, 5.41) is 7.25. The van der Waals surface area contributed by atoms with Crippen LogP contribution in [0.2, 0.25) is 0 Å². The lowest BCUT2D eigenvalue weighted by atomic mass is 10.2. The third-order valence-electron chi connectivity index (χ3n) is 2.39. The maximum atomic E-state index is 5.24. The van der Waals surface area contributed by atoms with E-state index in [4.69, 9.17) is 4.52 Å². The van der Waals surface area contributed by atoms with Gasteiger partial charge in [0.05, 0.1) is 0 Å². The molecule has 0 radical (unpaired) electrons. The van der Waals surface area contributed by atoms with Gasteiger partial charge in [-0.15, -0.1) is 0 Å². The SMILES string of the molecule is CCNCC(C)c1nc(CCN(C)C)no1. The molecule has 0 fully saturated rings. The third kappa shape index (κ3) is 4.28. The maximum absolute atomic E-state index is 5.24. The normalized spacial score (nSPS) is 13.3. The summed E-state index contributed by atoms with van der Waals surface area (Å²) < 4.78 is 5.24. The van der Waals surface area contributed by atoms with Crippen LogP contribution in [0, 0.1) is 0 Å². The lowest BCUT2D eigenvalue weighted by molar-refractivity contribution is 0.347. The zero-order valence-corrected chi connectivity index (χ0v) is 10.7. The minimum Gasteiger partial charge on any atom is -0.339 e. The van der Waals surface area contributed by atoms with Crippen molar-refractivity contribution < 1.29 is 4.52 Å². The predicted octanol–water partition coefficient (Wildman–Crippen LogP) is 0.887. The molecule has 5 heteroatoms. The number of nitrogens with zero attached hydrogens (tertiary/aromatic N) is 3. The van der Waals surface area contributed by atoms with Crippen molar-refractivity contribution in [2.24, 2.45) is 0 Å². The largest absolute Gasteiger partial charge is 0.339 e. The minimum absolute atomic E-state index is 0.278. The molecule has 1 N–H and O–H groups in total. The highest BCUT2D eigenvalue weighted by atomic mass is 16.5. The molecule has 1 aromatic rings. The van der Waals surface area contributed by atoms with Crippen LogP contribution in [0.3, 0.4) is 0 Å². The molecule has 1 rings (SSSR count). The Morgan fingerprint density at radius 1 is 1.44 bits per heavy atom. The monoisotopic (exact) mass is 226 g/mol. The quantitative estimate of drug-likeness (QED) is 0.748. The van der Waals surface area contributed by atoms with Gasteiger partial charge in [0, 0.05) is 25.4 Å². The first-order valence-electron chi connectivity index (χ1n) is 5.81. The van der Waals surface area contributed by atoms with E-state index in [1.807, 2.05) is 14.1 Å². The summed E-state index contributed by atoms with van der Waals surface area (Å²) in [4.78, 5) is 6.50. The van der Waals surface area contributed by atoms with Gasteiger partial charge < -0.3 is 14.7 Å². The molecule has 0 aromatic carbocycles. The first-order valence-corrected chi connectivity index (χ1v) is 5.81. The zero-order chi connectivity index (χ0) is 12.0. The molecule has 0 amide bonds. The molecule has 0 aliphatic rings. The smallest absolute Gasteiger partial charge is 0.230 e. The Morgan fingerprint density at radius 2 is 2.19 bits per heavy atom. The topological polar surface area (TPSA) is 54.2 Å². The van der Waals surface area contributed by atoms with Crippen LogP contribution in [0.4, 0.5) is 0 Å². The maximum Gasteiger partial charge on any atom is 0.230 e. The standard InChI is InChI=1S/C11H22N4O/c1-5-12-8-9(2)11-13-10(14-16-11)6-7-15(3)4/h9,12H,5-8H2,1-4H3. The molecule has 0 saturated heterocycles. The Labute approximate surface area is 97.2 Å². The second-order valence-electron chi connectivity index (χ2n) is 4.31. The first kappa shape index (κ1) is 13.1. The zero-order valence-electron chi connectivity index (χ0n) is 10.7. The second-order valence-corrected chi connectivity index (χ2v) is 4.31. The summed E-state index contributed by atoms with van der Waals surface area (Å²) in [5.74, 6) is 1.81. The molecule has 1 unspecified atom stereocenters. The highest BCUT2D eigenvalue weighted by molar-refractivity contribution is 4.93. The Hall–Kier alpha value is -0.940. The molecule has 1 aromatic heterocycles. The van der Waals surface area contributed by atoms with E-state index in [-0.39, 0.29) is 5.92 Å².